The monoisotopic (exact) mass is 316 g/mol. The van der Waals surface area contributed by atoms with Crippen molar-refractivity contribution in [2.24, 2.45) is 0 Å². The van der Waals surface area contributed by atoms with Crippen LogP contribution in [-0.2, 0) is 19.3 Å². The predicted octanol–water partition coefficient (Wildman–Crippen LogP) is 6.75. The fourth-order valence-electron chi connectivity index (χ4n) is 3.37. The molecule has 24 heavy (non-hydrogen) atoms. The summed E-state index contributed by atoms with van der Waals surface area (Å²) in [5.41, 5.74) is 4.47. The molecule has 0 fully saturated rings. The van der Waals surface area contributed by atoms with Crippen LogP contribution in [0.5, 0.6) is 0 Å². The third-order valence-electron chi connectivity index (χ3n) is 4.81. The first kappa shape index (κ1) is 16.8. The fraction of sp³-hybridized carbons (Fsp3) is 0.333. The Bertz CT molecular complexity index is 770. The van der Waals surface area contributed by atoms with Gasteiger partial charge in [0.25, 0.3) is 0 Å². The van der Waals surface area contributed by atoms with Gasteiger partial charge in [0.05, 0.1) is 0 Å². The Balaban J connectivity index is 1.49. The number of benzene rings is 3. The van der Waals surface area contributed by atoms with E-state index >= 15 is 0 Å². The lowest BCUT2D eigenvalue weighted by atomic mass is 9.99. The van der Waals surface area contributed by atoms with E-state index in [0.717, 1.165) is 0 Å². The van der Waals surface area contributed by atoms with Crippen molar-refractivity contribution >= 4 is 10.8 Å². The van der Waals surface area contributed by atoms with E-state index < -0.39 is 0 Å². The number of rotatable bonds is 8. The minimum atomic E-state index is 1.18. The van der Waals surface area contributed by atoms with Gasteiger partial charge in [-0.3, -0.25) is 0 Å². The highest BCUT2D eigenvalue weighted by Gasteiger charge is 1.99. The maximum atomic E-state index is 2.41. The average molecular weight is 316 g/mol. The van der Waals surface area contributed by atoms with Gasteiger partial charge in [0.2, 0.25) is 0 Å². The van der Waals surface area contributed by atoms with Gasteiger partial charge in [-0.1, -0.05) is 80.1 Å². The van der Waals surface area contributed by atoms with Crippen LogP contribution < -0.4 is 0 Å². The van der Waals surface area contributed by atoms with Crippen molar-refractivity contribution in [1.29, 1.82) is 0 Å². The molecule has 0 heteroatoms. The minimum absolute atomic E-state index is 1.18. The molecule has 0 nitrogen and oxygen atoms in total. The number of hydrogen-bond acceptors (Lipinski definition) is 0. The molecule has 3 aromatic rings. The quantitative estimate of drug-likeness (QED) is 0.403. The van der Waals surface area contributed by atoms with Crippen molar-refractivity contribution in [3.63, 3.8) is 0 Å². The second kappa shape index (κ2) is 8.68. The lowest BCUT2D eigenvalue weighted by Gasteiger charge is -2.06. The molecule has 124 valence electrons. The van der Waals surface area contributed by atoms with E-state index in [2.05, 4.69) is 73.7 Å². The van der Waals surface area contributed by atoms with Gasteiger partial charge in [-0.15, -0.1) is 0 Å². The van der Waals surface area contributed by atoms with Gasteiger partial charge < -0.3 is 0 Å². The third kappa shape index (κ3) is 4.71. The molecule has 0 aliphatic rings. The van der Waals surface area contributed by atoms with E-state index in [-0.39, 0.29) is 0 Å². The second-order valence-electron chi connectivity index (χ2n) is 6.81. The first-order chi connectivity index (χ1) is 11.8. The zero-order valence-corrected chi connectivity index (χ0v) is 14.8. The molecule has 0 aliphatic heterocycles. The highest BCUT2D eigenvalue weighted by molar-refractivity contribution is 5.82. The zero-order valence-electron chi connectivity index (χ0n) is 14.8. The van der Waals surface area contributed by atoms with Crippen molar-refractivity contribution in [2.75, 3.05) is 0 Å². The molecule has 0 saturated carbocycles. The van der Waals surface area contributed by atoms with E-state index in [1.54, 1.807) is 0 Å². The normalized spacial score (nSPS) is 11.0. The second-order valence-corrected chi connectivity index (χ2v) is 6.81. The summed E-state index contributed by atoms with van der Waals surface area (Å²) in [7, 11) is 0. The van der Waals surface area contributed by atoms with Gasteiger partial charge >= 0.3 is 0 Å². The topological polar surface area (TPSA) is 0 Å². The molecule has 0 heterocycles. The van der Waals surface area contributed by atoms with Gasteiger partial charge in [0.1, 0.15) is 0 Å². The van der Waals surface area contributed by atoms with Gasteiger partial charge in [-0.25, -0.2) is 0 Å². The summed E-state index contributed by atoms with van der Waals surface area (Å²) in [4.78, 5) is 0. The Morgan fingerprint density at radius 2 is 1.17 bits per heavy atom. The summed E-state index contributed by atoms with van der Waals surface area (Å²) in [6.07, 6.45) is 8.71. The lowest BCUT2D eigenvalue weighted by Crippen LogP contribution is -1.92. The van der Waals surface area contributed by atoms with Crippen LogP contribution in [-0.4, -0.2) is 0 Å². The number of aryl methyl sites for hydroxylation is 3. The van der Waals surface area contributed by atoms with Gasteiger partial charge in [0.15, 0.2) is 0 Å². The Morgan fingerprint density at radius 3 is 1.88 bits per heavy atom. The zero-order chi connectivity index (χ0) is 16.6. The Morgan fingerprint density at radius 1 is 0.542 bits per heavy atom. The molecule has 0 amide bonds. The Kier molecular flexibility index (Phi) is 6.07. The van der Waals surface area contributed by atoms with E-state index in [9.17, 15) is 0 Å². The van der Waals surface area contributed by atoms with Crippen LogP contribution in [0.3, 0.4) is 0 Å². The molecular weight excluding hydrogens is 288 g/mol. The minimum Gasteiger partial charge on any atom is -0.0654 e. The van der Waals surface area contributed by atoms with Crippen molar-refractivity contribution in [3.8, 4) is 0 Å². The third-order valence-corrected chi connectivity index (χ3v) is 4.81. The smallest absolute Gasteiger partial charge is 0.0181 e. The Hall–Kier alpha value is -2.08. The molecular formula is C24H28. The predicted molar refractivity (Wildman–Crippen MR) is 106 cm³/mol. The van der Waals surface area contributed by atoms with Crippen LogP contribution in [0.15, 0.2) is 66.7 Å². The van der Waals surface area contributed by atoms with Crippen LogP contribution >= 0.6 is 0 Å². The maximum absolute atomic E-state index is 2.41. The number of fused-ring (bicyclic) bond motifs is 1. The summed E-state index contributed by atoms with van der Waals surface area (Å²) in [6, 6.07) is 24.7. The molecule has 0 atom stereocenters. The summed E-state index contributed by atoms with van der Waals surface area (Å²) in [6.45, 7) is 2.26. The standard InChI is InChI=1S/C24H28/c1-2-3-9-20-12-8-13-21(18-20)10-4-5-11-22-16-17-23-14-6-7-15-24(23)19-22/h6-8,12-19H,2-5,9-11H2,1H3. The van der Waals surface area contributed by atoms with Gasteiger partial charge in [-0.2, -0.15) is 0 Å². The van der Waals surface area contributed by atoms with Crippen molar-refractivity contribution in [3.05, 3.63) is 83.4 Å². The van der Waals surface area contributed by atoms with Crippen LogP contribution in [0.4, 0.5) is 0 Å². The summed E-state index contributed by atoms with van der Waals surface area (Å²) >= 11 is 0. The van der Waals surface area contributed by atoms with Gasteiger partial charge in [-0.05, 0) is 66.0 Å². The molecule has 0 radical (unpaired) electrons. The molecule has 0 aromatic heterocycles. The molecule has 0 bridgehead atoms. The number of unbranched alkanes of at least 4 members (excludes halogenated alkanes) is 2. The van der Waals surface area contributed by atoms with E-state index in [1.165, 1.54) is 72.4 Å². The van der Waals surface area contributed by atoms with Crippen LogP contribution in [0.2, 0.25) is 0 Å². The summed E-state index contributed by atoms with van der Waals surface area (Å²) in [5.74, 6) is 0. The molecule has 0 unspecified atom stereocenters. The molecule has 0 aliphatic carbocycles. The van der Waals surface area contributed by atoms with Gasteiger partial charge in [0, 0.05) is 0 Å². The first-order valence-electron chi connectivity index (χ1n) is 9.40. The Labute approximate surface area is 146 Å². The van der Waals surface area contributed by atoms with Crippen LogP contribution in [0.1, 0.15) is 49.3 Å². The lowest BCUT2D eigenvalue weighted by molar-refractivity contribution is 0.732. The summed E-state index contributed by atoms with van der Waals surface area (Å²) < 4.78 is 0. The molecule has 3 aromatic carbocycles. The van der Waals surface area contributed by atoms with Crippen LogP contribution in [0, 0.1) is 0 Å². The number of hydrogen-bond donors (Lipinski definition) is 0. The molecule has 0 saturated heterocycles. The van der Waals surface area contributed by atoms with E-state index in [1.807, 2.05) is 0 Å². The van der Waals surface area contributed by atoms with Crippen molar-refractivity contribution < 1.29 is 0 Å². The average Bonchev–Trinajstić information content (AvgIpc) is 2.64. The molecule has 3 rings (SSSR count). The van der Waals surface area contributed by atoms with E-state index in [4.69, 9.17) is 0 Å². The van der Waals surface area contributed by atoms with Crippen molar-refractivity contribution in [1.82, 2.24) is 0 Å². The largest absolute Gasteiger partial charge is 0.0654 e. The molecule has 0 spiro atoms. The maximum Gasteiger partial charge on any atom is -0.0181 e. The fourth-order valence-corrected chi connectivity index (χ4v) is 3.37. The van der Waals surface area contributed by atoms with Crippen LogP contribution in [0.25, 0.3) is 10.8 Å². The summed E-state index contributed by atoms with van der Waals surface area (Å²) in [5, 5.41) is 2.70. The SMILES string of the molecule is CCCCc1cccc(CCCCc2ccc3ccccc3c2)c1. The molecule has 0 N–H and O–H groups in total. The van der Waals surface area contributed by atoms with E-state index in [0.29, 0.717) is 0 Å². The van der Waals surface area contributed by atoms with Crippen molar-refractivity contribution in [2.45, 2.75) is 51.9 Å². The highest BCUT2D eigenvalue weighted by Crippen LogP contribution is 2.18. The highest BCUT2D eigenvalue weighted by atomic mass is 14.0. The first-order valence-corrected chi connectivity index (χ1v) is 9.40.